The topological polar surface area (TPSA) is 74.5 Å². The summed E-state index contributed by atoms with van der Waals surface area (Å²) in [6, 6.07) is 0. The third kappa shape index (κ3) is 1.74. The summed E-state index contributed by atoms with van der Waals surface area (Å²) in [7, 11) is 0. The molecule has 1 N–H and O–H groups in total. The van der Waals surface area contributed by atoms with Crippen LogP contribution in [0.1, 0.15) is 6.92 Å². The fourth-order valence-corrected chi connectivity index (χ4v) is 1.38. The predicted molar refractivity (Wildman–Crippen MR) is 57.6 cm³/mol. The zero-order chi connectivity index (χ0) is 11.5. The number of fused-ring (bicyclic) bond motifs is 1. The van der Waals surface area contributed by atoms with Crippen LogP contribution in [-0.2, 0) is 9.53 Å². The van der Waals surface area contributed by atoms with Crippen LogP contribution in [0.2, 0.25) is 0 Å². The van der Waals surface area contributed by atoms with Crippen molar-refractivity contribution in [1.82, 2.24) is 4.90 Å². The Morgan fingerprint density at radius 1 is 1.69 bits per heavy atom. The number of carbonyl (C=O) groups is 1. The highest BCUT2D eigenvalue weighted by atomic mass is 16.5. The zero-order valence-corrected chi connectivity index (χ0v) is 8.70. The van der Waals surface area contributed by atoms with Gasteiger partial charge in [0.15, 0.2) is 6.23 Å². The van der Waals surface area contributed by atoms with Crippen molar-refractivity contribution in [3.63, 3.8) is 0 Å². The summed E-state index contributed by atoms with van der Waals surface area (Å²) in [5.41, 5.74) is 0.104. The summed E-state index contributed by atoms with van der Waals surface area (Å²) in [5, 5.41) is 9.91. The number of rotatable bonds is 2. The Labute approximate surface area is 92.3 Å². The summed E-state index contributed by atoms with van der Waals surface area (Å²) in [5.74, 6) is -0.219. The van der Waals surface area contributed by atoms with Gasteiger partial charge >= 0.3 is 5.97 Å². The van der Waals surface area contributed by atoms with Crippen molar-refractivity contribution in [2.24, 2.45) is 9.98 Å². The largest absolute Gasteiger partial charge is 0.462 e. The first kappa shape index (κ1) is 10.6. The van der Waals surface area contributed by atoms with E-state index in [4.69, 9.17) is 4.74 Å². The lowest BCUT2D eigenvalue weighted by Gasteiger charge is -2.29. The van der Waals surface area contributed by atoms with E-state index in [1.807, 2.05) is 0 Å². The molecule has 0 bridgehead atoms. The van der Waals surface area contributed by atoms with Gasteiger partial charge in [-0.2, -0.15) is 0 Å². The molecule has 0 radical (unpaired) electrons. The van der Waals surface area contributed by atoms with Crippen LogP contribution < -0.4 is 0 Å². The Bertz CT molecular complexity index is 423. The molecule has 16 heavy (non-hydrogen) atoms. The average Bonchev–Trinajstić information content (AvgIpc) is 2.30. The van der Waals surface area contributed by atoms with E-state index in [0.717, 1.165) is 0 Å². The molecule has 6 heteroatoms. The number of esters is 1. The molecular weight excluding hydrogens is 210 g/mol. The molecule has 1 atom stereocenters. The van der Waals surface area contributed by atoms with Gasteiger partial charge < -0.3 is 9.84 Å². The molecule has 0 aromatic heterocycles. The van der Waals surface area contributed by atoms with Crippen molar-refractivity contribution in [3.8, 4) is 0 Å². The van der Waals surface area contributed by atoms with Crippen molar-refractivity contribution in [2.75, 3.05) is 6.61 Å². The highest BCUT2D eigenvalue weighted by molar-refractivity contribution is 5.98. The lowest BCUT2D eigenvalue weighted by atomic mass is 10.2. The van der Waals surface area contributed by atoms with Crippen LogP contribution in [0.4, 0.5) is 0 Å². The first-order valence-corrected chi connectivity index (χ1v) is 4.86. The molecule has 0 fully saturated rings. The molecule has 0 spiro atoms. The molecule has 0 aromatic carbocycles. The predicted octanol–water partition coefficient (Wildman–Crippen LogP) is 0.0215. The van der Waals surface area contributed by atoms with Crippen molar-refractivity contribution in [2.45, 2.75) is 13.2 Å². The van der Waals surface area contributed by atoms with Crippen molar-refractivity contribution in [3.05, 3.63) is 24.0 Å². The number of allylic oxidation sites excluding steroid dienone is 1. The maximum Gasteiger partial charge on any atom is 0.340 e. The SMILES string of the molecule is CCOC(=O)C1=CN=C2N=CC=CN2[C@H]1O. The van der Waals surface area contributed by atoms with E-state index in [2.05, 4.69) is 9.98 Å². The maximum absolute atomic E-state index is 11.5. The van der Waals surface area contributed by atoms with Crippen LogP contribution in [-0.4, -0.2) is 41.0 Å². The minimum absolute atomic E-state index is 0.104. The summed E-state index contributed by atoms with van der Waals surface area (Å²) in [4.78, 5) is 20.8. The van der Waals surface area contributed by atoms with Gasteiger partial charge in [0.05, 0.1) is 6.61 Å². The maximum atomic E-state index is 11.5. The van der Waals surface area contributed by atoms with Crippen molar-refractivity contribution >= 4 is 18.1 Å². The van der Waals surface area contributed by atoms with Crippen LogP contribution in [0.15, 0.2) is 34.0 Å². The summed E-state index contributed by atoms with van der Waals surface area (Å²) >= 11 is 0. The number of carbonyl (C=O) groups excluding carboxylic acids is 1. The van der Waals surface area contributed by atoms with Gasteiger partial charge in [0.1, 0.15) is 5.57 Å². The smallest absolute Gasteiger partial charge is 0.340 e. The van der Waals surface area contributed by atoms with Crippen LogP contribution in [0.3, 0.4) is 0 Å². The van der Waals surface area contributed by atoms with Gasteiger partial charge in [0.2, 0.25) is 5.96 Å². The van der Waals surface area contributed by atoms with Crippen molar-refractivity contribution in [1.29, 1.82) is 0 Å². The molecule has 6 nitrogen and oxygen atoms in total. The second-order valence-corrected chi connectivity index (χ2v) is 3.13. The Kier molecular flexibility index (Phi) is 2.82. The Hall–Kier alpha value is -1.95. The minimum atomic E-state index is -1.10. The van der Waals surface area contributed by atoms with Gasteiger partial charge in [-0.25, -0.2) is 14.8 Å². The molecule has 84 valence electrons. The van der Waals surface area contributed by atoms with Crippen LogP contribution in [0.5, 0.6) is 0 Å². The molecule has 2 aliphatic rings. The van der Waals surface area contributed by atoms with Crippen LogP contribution >= 0.6 is 0 Å². The number of aliphatic imine (C=N–C) groups is 2. The fourth-order valence-electron chi connectivity index (χ4n) is 1.38. The number of nitrogens with zero attached hydrogens (tertiary/aromatic N) is 3. The second-order valence-electron chi connectivity index (χ2n) is 3.13. The van der Waals surface area contributed by atoms with E-state index in [9.17, 15) is 9.90 Å². The quantitative estimate of drug-likeness (QED) is 0.667. The third-order valence-corrected chi connectivity index (χ3v) is 2.13. The lowest BCUT2D eigenvalue weighted by Crippen LogP contribution is -2.42. The zero-order valence-electron chi connectivity index (χ0n) is 8.70. The Balaban J connectivity index is 2.25. The molecule has 2 rings (SSSR count). The van der Waals surface area contributed by atoms with E-state index in [1.165, 1.54) is 11.1 Å². The summed E-state index contributed by atoms with van der Waals surface area (Å²) in [6.45, 7) is 1.96. The number of hydrogen-bond donors (Lipinski definition) is 1. The van der Waals surface area contributed by atoms with Gasteiger partial charge in [0.25, 0.3) is 0 Å². The fraction of sp³-hybridized carbons (Fsp3) is 0.300. The Morgan fingerprint density at radius 3 is 3.25 bits per heavy atom. The number of hydrogen-bond acceptors (Lipinski definition) is 6. The number of aliphatic hydroxyl groups excluding tert-OH is 1. The first-order valence-electron chi connectivity index (χ1n) is 4.86. The first-order chi connectivity index (χ1) is 7.74. The number of guanidine groups is 1. The van der Waals surface area contributed by atoms with E-state index in [1.54, 1.807) is 25.4 Å². The van der Waals surface area contributed by atoms with E-state index in [-0.39, 0.29) is 12.2 Å². The van der Waals surface area contributed by atoms with Gasteiger partial charge in [-0.3, -0.25) is 4.90 Å². The molecule has 0 amide bonds. The van der Waals surface area contributed by atoms with E-state index in [0.29, 0.717) is 5.96 Å². The van der Waals surface area contributed by atoms with Gasteiger partial charge in [0, 0.05) is 18.6 Å². The second kappa shape index (κ2) is 4.28. The molecule has 2 heterocycles. The average molecular weight is 221 g/mol. The summed E-state index contributed by atoms with van der Waals surface area (Å²) in [6.07, 6.45) is 5.00. The highest BCUT2D eigenvalue weighted by Gasteiger charge is 2.30. The van der Waals surface area contributed by atoms with Crippen molar-refractivity contribution < 1.29 is 14.6 Å². The molecule has 0 saturated heterocycles. The van der Waals surface area contributed by atoms with Crippen LogP contribution in [0.25, 0.3) is 0 Å². The number of aliphatic hydroxyl groups is 1. The monoisotopic (exact) mass is 221 g/mol. The Morgan fingerprint density at radius 2 is 2.50 bits per heavy atom. The minimum Gasteiger partial charge on any atom is -0.462 e. The van der Waals surface area contributed by atoms with E-state index < -0.39 is 12.2 Å². The molecule has 0 unspecified atom stereocenters. The summed E-state index contributed by atoms with van der Waals surface area (Å²) < 4.78 is 4.81. The molecule has 0 aliphatic carbocycles. The standard InChI is InChI=1S/C10H11N3O3/c1-2-16-9(15)7-6-12-10-11-4-3-5-13(10)8(7)14/h3-6,8,14H,2H2,1H3/t8-/m0/s1. The van der Waals surface area contributed by atoms with E-state index >= 15 is 0 Å². The highest BCUT2D eigenvalue weighted by Crippen LogP contribution is 2.18. The normalized spacial score (nSPS) is 22.4. The van der Waals surface area contributed by atoms with Gasteiger partial charge in [-0.05, 0) is 13.0 Å². The number of ether oxygens (including phenoxy) is 1. The third-order valence-electron chi connectivity index (χ3n) is 2.13. The molecule has 2 aliphatic heterocycles. The van der Waals surface area contributed by atoms with Gasteiger partial charge in [-0.1, -0.05) is 0 Å². The lowest BCUT2D eigenvalue weighted by molar-refractivity contribution is -0.140. The molecule has 0 saturated carbocycles. The molecular formula is C10H11N3O3. The van der Waals surface area contributed by atoms with Crippen LogP contribution in [0, 0.1) is 0 Å². The van der Waals surface area contributed by atoms with Gasteiger partial charge in [-0.15, -0.1) is 0 Å². The molecule has 0 aromatic rings.